The van der Waals surface area contributed by atoms with Crippen LogP contribution in [0.25, 0.3) is 21.5 Å². The molecule has 5 rings (SSSR count). The Labute approximate surface area is 148 Å². The third-order valence-electron chi connectivity index (χ3n) is 4.68. The van der Waals surface area contributed by atoms with Crippen molar-refractivity contribution < 1.29 is 9.21 Å². The highest BCUT2D eigenvalue weighted by atomic mass is 16.3. The van der Waals surface area contributed by atoms with Crippen LogP contribution < -0.4 is 0 Å². The second-order valence-electron chi connectivity index (χ2n) is 6.09. The van der Waals surface area contributed by atoms with Gasteiger partial charge in [0.2, 0.25) is 0 Å². The molecule has 0 radical (unpaired) electrons. The minimum Gasteiger partial charge on any atom is -0.473 e. The second kappa shape index (κ2) is 8.29. The highest BCUT2D eigenvalue weighted by Gasteiger charge is 2.13. The maximum Gasteiger partial charge on any atom is 0.106 e. The molecule has 1 aliphatic carbocycles. The molecule has 3 aromatic carbocycles. The first-order valence-corrected chi connectivity index (χ1v) is 8.62. The van der Waals surface area contributed by atoms with E-state index in [2.05, 4.69) is 52.9 Å². The van der Waals surface area contributed by atoms with E-state index in [1.807, 2.05) is 18.9 Å². The third-order valence-corrected chi connectivity index (χ3v) is 4.68. The Balaban J connectivity index is 0.000000222. The molecule has 0 saturated carbocycles. The number of carbonyl (C=O) groups excluding carboxylic acids is 1. The van der Waals surface area contributed by atoms with Gasteiger partial charge in [0.05, 0.1) is 12.5 Å². The zero-order valence-electron chi connectivity index (χ0n) is 14.3. The van der Waals surface area contributed by atoms with E-state index in [1.165, 1.54) is 47.2 Å². The van der Waals surface area contributed by atoms with Gasteiger partial charge in [-0.05, 0) is 70.5 Å². The molecule has 0 fully saturated rings. The van der Waals surface area contributed by atoms with E-state index in [4.69, 9.17) is 4.79 Å². The molecule has 0 saturated heterocycles. The van der Waals surface area contributed by atoms with Crippen LogP contribution in [0.2, 0.25) is 0 Å². The van der Waals surface area contributed by atoms with Gasteiger partial charge in [-0.2, -0.15) is 0 Å². The summed E-state index contributed by atoms with van der Waals surface area (Å²) in [5.41, 5.74) is 3.17. The fourth-order valence-electron chi connectivity index (χ4n) is 3.57. The summed E-state index contributed by atoms with van der Waals surface area (Å²) >= 11 is 0. The van der Waals surface area contributed by atoms with Crippen LogP contribution in [0.5, 0.6) is 0 Å². The van der Waals surface area contributed by atoms with Gasteiger partial charge < -0.3 is 9.21 Å². The first-order valence-electron chi connectivity index (χ1n) is 8.62. The Kier molecular flexibility index (Phi) is 5.63. The van der Waals surface area contributed by atoms with Gasteiger partial charge >= 0.3 is 0 Å². The van der Waals surface area contributed by atoms with Crippen LogP contribution in [0, 0.1) is 0 Å². The van der Waals surface area contributed by atoms with Crippen LogP contribution in [-0.2, 0) is 17.6 Å². The van der Waals surface area contributed by atoms with Crippen LogP contribution in [0.15, 0.2) is 77.6 Å². The summed E-state index contributed by atoms with van der Waals surface area (Å²) in [6.45, 7) is 2.00. The van der Waals surface area contributed by atoms with Gasteiger partial charge in [0.25, 0.3) is 0 Å². The van der Waals surface area contributed by atoms with E-state index in [0.717, 1.165) is 0 Å². The van der Waals surface area contributed by atoms with Crippen LogP contribution in [0.3, 0.4) is 0 Å². The topological polar surface area (TPSA) is 30.2 Å². The molecule has 2 heteroatoms. The molecule has 126 valence electrons. The first-order chi connectivity index (χ1) is 12.4. The van der Waals surface area contributed by atoms with Crippen molar-refractivity contribution >= 4 is 28.3 Å². The molecule has 1 aromatic heterocycles. The van der Waals surface area contributed by atoms with Gasteiger partial charge in [-0.15, -0.1) is 0 Å². The average molecular weight is 330 g/mol. The number of aryl methyl sites for hydroxylation is 2. The molecule has 1 aliphatic rings. The lowest BCUT2D eigenvalue weighted by Crippen LogP contribution is -2.02. The number of benzene rings is 3. The van der Waals surface area contributed by atoms with Gasteiger partial charge in [-0.25, -0.2) is 0 Å². The van der Waals surface area contributed by atoms with Crippen molar-refractivity contribution in [2.45, 2.75) is 25.7 Å². The second-order valence-corrected chi connectivity index (χ2v) is 6.09. The van der Waals surface area contributed by atoms with Crippen molar-refractivity contribution in [1.82, 2.24) is 0 Å². The standard InChI is InChI=1S/C18H16.C4H4O.CH2O/c1-3-7-15-13(5-1)9-11-18-16-8-4-2-6-14(16)10-12-17(15)18;1-2-4-5-3-1;1-2/h1,3,5,7,9-12H,2,4,6,8H2;1-4H;1H2. The highest BCUT2D eigenvalue weighted by molar-refractivity contribution is 6.08. The molecule has 0 spiro atoms. The fraction of sp³-hybridized carbons (Fsp3) is 0.174. The summed E-state index contributed by atoms with van der Waals surface area (Å²) in [6, 6.07) is 21.6. The number of rotatable bonds is 0. The number of carbonyl (C=O) groups is 1. The SMILES string of the molecule is C=O.c1ccc2c(c1)ccc1c3c(ccc12)CCCC3.c1ccoc1. The van der Waals surface area contributed by atoms with Gasteiger partial charge in [-0.1, -0.05) is 48.5 Å². The Morgan fingerprint density at radius 1 is 0.680 bits per heavy atom. The maximum atomic E-state index is 8.00. The lowest BCUT2D eigenvalue weighted by molar-refractivity contribution is -0.0979. The highest BCUT2D eigenvalue weighted by Crippen LogP contribution is 2.33. The van der Waals surface area contributed by atoms with E-state index in [9.17, 15) is 0 Å². The Morgan fingerprint density at radius 3 is 2.16 bits per heavy atom. The summed E-state index contributed by atoms with van der Waals surface area (Å²) in [5, 5.41) is 5.64. The molecule has 0 aliphatic heterocycles. The van der Waals surface area contributed by atoms with E-state index < -0.39 is 0 Å². The van der Waals surface area contributed by atoms with Gasteiger partial charge in [-0.3, -0.25) is 0 Å². The molecule has 4 aromatic rings. The van der Waals surface area contributed by atoms with Gasteiger partial charge in [0.15, 0.2) is 0 Å². The van der Waals surface area contributed by atoms with Crippen molar-refractivity contribution in [3.8, 4) is 0 Å². The largest absolute Gasteiger partial charge is 0.473 e. The molecular weight excluding hydrogens is 308 g/mol. The molecule has 0 bridgehead atoms. The van der Waals surface area contributed by atoms with Crippen molar-refractivity contribution in [3.05, 3.63) is 84.3 Å². The number of furan rings is 1. The van der Waals surface area contributed by atoms with Gasteiger partial charge in [0, 0.05) is 0 Å². The Hall–Kier alpha value is -2.87. The minimum atomic E-state index is 1.25. The first kappa shape index (κ1) is 17.0. The van der Waals surface area contributed by atoms with Crippen LogP contribution in [-0.4, -0.2) is 6.79 Å². The molecule has 0 N–H and O–H groups in total. The van der Waals surface area contributed by atoms with Crippen molar-refractivity contribution in [2.24, 2.45) is 0 Å². The zero-order valence-corrected chi connectivity index (χ0v) is 14.3. The van der Waals surface area contributed by atoms with E-state index in [1.54, 1.807) is 23.7 Å². The Bertz CT molecular complexity index is 922. The van der Waals surface area contributed by atoms with Crippen molar-refractivity contribution in [1.29, 1.82) is 0 Å². The quantitative estimate of drug-likeness (QED) is 0.372. The van der Waals surface area contributed by atoms with E-state index in [-0.39, 0.29) is 0 Å². The lowest BCUT2D eigenvalue weighted by Gasteiger charge is -2.18. The Morgan fingerprint density at radius 2 is 1.40 bits per heavy atom. The smallest absolute Gasteiger partial charge is 0.106 e. The summed E-state index contributed by atoms with van der Waals surface area (Å²) < 4.78 is 4.58. The van der Waals surface area contributed by atoms with Crippen LogP contribution >= 0.6 is 0 Å². The monoisotopic (exact) mass is 330 g/mol. The molecule has 0 unspecified atom stereocenters. The van der Waals surface area contributed by atoms with E-state index >= 15 is 0 Å². The maximum absolute atomic E-state index is 8.00. The van der Waals surface area contributed by atoms with E-state index in [0.29, 0.717) is 0 Å². The molecule has 0 amide bonds. The average Bonchev–Trinajstić information content (AvgIpc) is 3.29. The normalized spacial score (nSPS) is 12.5. The fourth-order valence-corrected chi connectivity index (χ4v) is 3.57. The molecule has 25 heavy (non-hydrogen) atoms. The molecule has 0 atom stereocenters. The number of hydrogen-bond donors (Lipinski definition) is 0. The summed E-state index contributed by atoms with van der Waals surface area (Å²) in [5.74, 6) is 0. The molecule has 1 heterocycles. The third kappa shape index (κ3) is 3.63. The van der Waals surface area contributed by atoms with Crippen molar-refractivity contribution in [3.63, 3.8) is 0 Å². The van der Waals surface area contributed by atoms with Crippen LogP contribution in [0.4, 0.5) is 0 Å². The number of fused-ring (bicyclic) bond motifs is 5. The predicted molar refractivity (Wildman–Crippen MR) is 104 cm³/mol. The minimum absolute atomic E-state index is 1.25. The predicted octanol–water partition coefficient (Wildman–Crippen LogP) is 5.97. The summed E-state index contributed by atoms with van der Waals surface area (Å²) in [7, 11) is 0. The molecule has 2 nitrogen and oxygen atoms in total. The zero-order chi connectivity index (χ0) is 17.5. The number of hydrogen-bond acceptors (Lipinski definition) is 2. The van der Waals surface area contributed by atoms with Gasteiger partial charge in [0.1, 0.15) is 6.79 Å². The van der Waals surface area contributed by atoms with Crippen molar-refractivity contribution in [2.75, 3.05) is 0 Å². The molecular formula is C23H22O2. The summed E-state index contributed by atoms with van der Waals surface area (Å²) in [4.78, 5) is 8.00. The van der Waals surface area contributed by atoms with Crippen LogP contribution in [0.1, 0.15) is 24.0 Å². The lowest BCUT2D eigenvalue weighted by atomic mass is 9.86. The summed E-state index contributed by atoms with van der Waals surface area (Å²) in [6.07, 6.45) is 8.47.